The predicted molar refractivity (Wildman–Crippen MR) is 78.3 cm³/mol. The van der Waals surface area contributed by atoms with Crippen LogP contribution in [0.15, 0.2) is 21.3 Å². The van der Waals surface area contributed by atoms with Gasteiger partial charge >= 0.3 is 5.97 Å². The quantitative estimate of drug-likeness (QED) is 0.835. The van der Waals surface area contributed by atoms with E-state index in [4.69, 9.17) is 9.63 Å². The van der Waals surface area contributed by atoms with Crippen LogP contribution in [0.4, 0.5) is 0 Å². The van der Waals surface area contributed by atoms with Crippen molar-refractivity contribution in [2.75, 3.05) is 6.54 Å². The summed E-state index contributed by atoms with van der Waals surface area (Å²) >= 11 is 1.54. The Balaban J connectivity index is 1.57. The van der Waals surface area contributed by atoms with Crippen LogP contribution in [0.2, 0.25) is 0 Å². The van der Waals surface area contributed by atoms with Crippen LogP contribution in [0, 0.1) is 0 Å². The van der Waals surface area contributed by atoms with Crippen LogP contribution in [-0.2, 0) is 16.0 Å². The van der Waals surface area contributed by atoms with E-state index in [9.17, 15) is 9.59 Å². The molecule has 0 atom stereocenters. The summed E-state index contributed by atoms with van der Waals surface area (Å²) in [6, 6.07) is 1.97. The molecular weight excluding hydrogens is 306 g/mol. The van der Waals surface area contributed by atoms with Crippen LogP contribution in [-0.4, -0.2) is 44.6 Å². The number of hydrogen-bond acceptors (Lipinski definition) is 6. The Bertz CT molecular complexity index is 663. The molecule has 0 unspecified atom stereocenters. The number of hydrogen-bond donors (Lipinski definition) is 1. The molecule has 22 heavy (non-hydrogen) atoms. The number of carbonyl (C=O) groups excluding carboxylic acids is 1. The van der Waals surface area contributed by atoms with Crippen molar-refractivity contribution in [2.45, 2.75) is 31.7 Å². The molecule has 2 aromatic rings. The molecule has 1 aliphatic carbocycles. The summed E-state index contributed by atoms with van der Waals surface area (Å²) < 4.78 is 5.13. The molecular formula is C14H15N3O4S. The van der Waals surface area contributed by atoms with Gasteiger partial charge in [-0.1, -0.05) is 5.16 Å². The van der Waals surface area contributed by atoms with Crippen LogP contribution in [0.3, 0.4) is 0 Å². The zero-order valence-corrected chi connectivity index (χ0v) is 12.6. The number of aryl methyl sites for hydroxylation is 1. The zero-order valence-electron chi connectivity index (χ0n) is 11.8. The maximum absolute atomic E-state index is 12.1. The molecule has 7 nitrogen and oxygen atoms in total. The summed E-state index contributed by atoms with van der Waals surface area (Å²) in [5.74, 6) is -0.271. The Kier molecular flexibility index (Phi) is 4.19. The number of carboxylic acid groups (broad SMARTS) is 1. The Morgan fingerprint density at radius 3 is 2.91 bits per heavy atom. The van der Waals surface area contributed by atoms with Crippen molar-refractivity contribution in [3.8, 4) is 11.4 Å². The molecule has 1 fully saturated rings. The van der Waals surface area contributed by atoms with E-state index in [2.05, 4.69) is 10.1 Å². The second kappa shape index (κ2) is 6.27. The minimum absolute atomic E-state index is 0.0765. The molecule has 3 rings (SSSR count). The molecule has 1 N–H and O–H groups in total. The summed E-state index contributed by atoms with van der Waals surface area (Å²) in [5, 5.41) is 16.6. The maximum Gasteiger partial charge on any atom is 0.323 e. The standard InChI is InChI=1S/C14H15N3O4S/c18-12(17(7-13(19)20)10-1-2-10)4-3-11-15-14(16-21-11)9-5-6-22-8-9/h5-6,8,10H,1-4,7H2,(H,19,20). The lowest BCUT2D eigenvalue weighted by Crippen LogP contribution is -2.37. The lowest BCUT2D eigenvalue weighted by Gasteiger charge is -2.19. The lowest BCUT2D eigenvalue weighted by molar-refractivity contribution is -0.144. The number of amides is 1. The summed E-state index contributed by atoms with van der Waals surface area (Å²) in [7, 11) is 0. The van der Waals surface area contributed by atoms with Crippen molar-refractivity contribution < 1.29 is 19.2 Å². The van der Waals surface area contributed by atoms with Crippen molar-refractivity contribution in [3.05, 3.63) is 22.7 Å². The van der Waals surface area contributed by atoms with Gasteiger partial charge in [-0.25, -0.2) is 0 Å². The van der Waals surface area contributed by atoms with Gasteiger partial charge in [-0.2, -0.15) is 16.3 Å². The van der Waals surface area contributed by atoms with Crippen molar-refractivity contribution >= 4 is 23.2 Å². The molecule has 0 spiro atoms. The second-order valence-corrected chi connectivity index (χ2v) is 5.95. The zero-order chi connectivity index (χ0) is 15.5. The fraction of sp³-hybridized carbons (Fsp3) is 0.429. The monoisotopic (exact) mass is 321 g/mol. The van der Waals surface area contributed by atoms with E-state index in [1.54, 1.807) is 11.3 Å². The number of nitrogens with zero attached hydrogens (tertiary/aromatic N) is 3. The topological polar surface area (TPSA) is 96.5 Å². The molecule has 0 aromatic carbocycles. The summed E-state index contributed by atoms with van der Waals surface area (Å²) in [6.45, 7) is -0.243. The van der Waals surface area contributed by atoms with Gasteiger partial charge in [0.15, 0.2) is 0 Å². The fourth-order valence-electron chi connectivity index (χ4n) is 2.18. The molecule has 8 heteroatoms. The normalized spacial score (nSPS) is 14.0. The highest BCUT2D eigenvalue weighted by molar-refractivity contribution is 7.08. The van der Waals surface area contributed by atoms with Crippen LogP contribution >= 0.6 is 11.3 Å². The predicted octanol–water partition coefficient (Wildman–Crippen LogP) is 1.81. The molecule has 0 saturated heterocycles. The molecule has 2 heterocycles. The highest BCUT2D eigenvalue weighted by Gasteiger charge is 2.33. The first-order valence-corrected chi connectivity index (χ1v) is 7.94. The minimum Gasteiger partial charge on any atom is -0.480 e. The van der Waals surface area contributed by atoms with E-state index in [0.717, 1.165) is 18.4 Å². The molecule has 0 bridgehead atoms. The van der Waals surface area contributed by atoms with Crippen molar-refractivity contribution in [3.63, 3.8) is 0 Å². The number of rotatable bonds is 7. The first-order valence-electron chi connectivity index (χ1n) is 7.00. The summed E-state index contributed by atoms with van der Waals surface area (Å²) in [6.07, 6.45) is 2.25. The smallest absolute Gasteiger partial charge is 0.323 e. The van der Waals surface area contributed by atoms with Gasteiger partial charge in [0, 0.05) is 29.8 Å². The van der Waals surface area contributed by atoms with Gasteiger partial charge in [0.2, 0.25) is 17.6 Å². The van der Waals surface area contributed by atoms with Gasteiger partial charge in [-0.15, -0.1) is 0 Å². The average molecular weight is 321 g/mol. The Hall–Kier alpha value is -2.22. The van der Waals surface area contributed by atoms with Gasteiger partial charge in [0.05, 0.1) is 0 Å². The highest BCUT2D eigenvalue weighted by Crippen LogP contribution is 2.27. The minimum atomic E-state index is -0.988. The maximum atomic E-state index is 12.1. The van der Waals surface area contributed by atoms with Crippen LogP contribution in [0.5, 0.6) is 0 Å². The van der Waals surface area contributed by atoms with Gasteiger partial charge < -0.3 is 14.5 Å². The average Bonchev–Trinajstić information content (AvgIpc) is 3.00. The van der Waals surface area contributed by atoms with E-state index >= 15 is 0 Å². The fourth-order valence-corrected chi connectivity index (χ4v) is 2.81. The summed E-state index contributed by atoms with van der Waals surface area (Å²) in [4.78, 5) is 28.6. The molecule has 116 valence electrons. The van der Waals surface area contributed by atoms with E-state index < -0.39 is 5.97 Å². The van der Waals surface area contributed by atoms with Gasteiger partial charge in [-0.05, 0) is 24.3 Å². The Labute approximate surface area is 130 Å². The molecule has 1 aliphatic rings. The van der Waals surface area contributed by atoms with E-state index in [1.165, 1.54) is 4.90 Å². The number of carbonyl (C=O) groups is 2. The van der Waals surface area contributed by atoms with Crippen molar-refractivity contribution in [1.29, 1.82) is 0 Å². The third kappa shape index (κ3) is 3.51. The SMILES string of the molecule is O=C(O)CN(C(=O)CCc1nc(-c2ccsc2)no1)C1CC1. The van der Waals surface area contributed by atoms with Crippen LogP contribution in [0.1, 0.15) is 25.2 Å². The third-order valence-electron chi connectivity index (χ3n) is 3.41. The van der Waals surface area contributed by atoms with Crippen molar-refractivity contribution in [2.24, 2.45) is 0 Å². The van der Waals surface area contributed by atoms with Crippen molar-refractivity contribution in [1.82, 2.24) is 15.0 Å². The second-order valence-electron chi connectivity index (χ2n) is 5.17. The molecule has 0 radical (unpaired) electrons. The van der Waals surface area contributed by atoms with E-state index in [0.29, 0.717) is 18.1 Å². The Morgan fingerprint density at radius 2 is 2.27 bits per heavy atom. The number of aromatic nitrogens is 2. The highest BCUT2D eigenvalue weighted by atomic mass is 32.1. The van der Waals surface area contributed by atoms with Crippen LogP contribution in [0.25, 0.3) is 11.4 Å². The first-order chi connectivity index (χ1) is 10.6. The van der Waals surface area contributed by atoms with E-state index in [-0.39, 0.29) is 24.9 Å². The lowest BCUT2D eigenvalue weighted by atomic mass is 10.2. The largest absolute Gasteiger partial charge is 0.480 e. The number of thiophene rings is 1. The third-order valence-corrected chi connectivity index (χ3v) is 4.10. The van der Waals surface area contributed by atoms with Gasteiger partial charge in [0.25, 0.3) is 0 Å². The first kappa shape index (κ1) is 14.7. The van der Waals surface area contributed by atoms with E-state index in [1.807, 2.05) is 16.8 Å². The number of aliphatic carboxylic acids is 1. The van der Waals surface area contributed by atoms with Crippen LogP contribution < -0.4 is 0 Å². The Morgan fingerprint density at radius 1 is 1.45 bits per heavy atom. The molecule has 1 saturated carbocycles. The molecule has 1 amide bonds. The van der Waals surface area contributed by atoms with Gasteiger partial charge in [-0.3, -0.25) is 9.59 Å². The molecule has 2 aromatic heterocycles. The van der Waals surface area contributed by atoms with Gasteiger partial charge in [0.1, 0.15) is 6.54 Å². The molecule has 0 aliphatic heterocycles. The summed E-state index contributed by atoms with van der Waals surface area (Å²) in [5.41, 5.74) is 0.886. The number of carboxylic acids is 1.